The Morgan fingerprint density at radius 1 is 0.545 bits per heavy atom. The third kappa shape index (κ3) is 4.01. The smallest absolute Gasteiger partial charge is 0.173 e. The molecule has 0 fully saturated rings. The van der Waals surface area contributed by atoms with E-state index in [1.165, 1.54) is 0 Å². The molecule has 0 aliphatic carbocycles. The number of rotatable bonds is 2. The van der Waals surface area contributed by atoms with Crippen LogP contribution in [0.5, 0.6) is 0 Å². The minimum atomic E-state index is -5.45. The second-order valence-electron chi connectivity index (χ2n) is 3.84. The van der Waals surface area contributed by atoms with E-state index in [9.17, 15) is 43.9 Å². The highest BCUT2D eigenvalue weighted by Gasteiger charge is 2.40. The first-order chi connectivity index (χ1) is 9.85. The Morgan fingerprint density at radius 2 is 0.773 bits per heavy atom. The first-order valence-corrected chi connectivity index (χ1v) is 5.21. The van der Waals surface area contributed by atoms with Gasteiger partial charge in [-0.25, -0.2) is 0 Å². The van der Waals surface area contributed by atoms with Gasteiger partial charge < -0.3 is 0 Å². The van der Waals surface area contributed by atoms with E-state index >= 15 is 0 Å². The second kappa shape index (κ2) is 6.01. The molecular formula is C12H4F10. The SMILES string of the molecule is FC(F)=C(c1ccc(C(=C(F)F)C(F)(F)F)cc1)C(F)(F)F. The number of halogens is 10. The van der Waals surface area contributed by atoms with Crippen LogP contribution < -0.4 is 0 Å². The summed E-state index contributed by atoms with van der Waals surface area (Å²) in [5, 5.41) is 0. The Hall–Kier alpha value is -2.00. The van der Waals surface area contributed by atoms with Crippen molar-refractivity contribution < 1.29 is 43.9 Å². The second-order valence-corrected chi connectivity index (χ2v) is 3.84. The Bertz CT molecular complexity index is 537. The maximum Gasteiger partial charge on any atom is 0.422 e. The van der Waals surface area contributed by atoms with Gasteiger partial charge in [0.15, 0.2) is 0 Å². The normalized spacial score (nSPS) is 12.1. The summed E-state index contributed by atoms with van der Waals surface area (Å²) in [5.74, 6) is 0. The zero-order valence-corrected chi connectivity index (χ0v) is 10.1. The van der Waals surface area contributed by atoms with Gasteiger partial charge in [0.05, 0.1) is 0 Å². The largest absolute Gasteiger partial charge is 0.422 e. The lowest BCUT2D eigenvalue weighted by atomic mass is 10.0. The van der Waals surface area contributed by atoms with Gasteiger partial charge in [-0.1, -0.05) is 24.3 Å². The maximum atomic E-state index is 12.4. The molecule has 0 nitrogen and oxygen atoms in total. The highest BCUT2D eigenvalue weighted by atomic mass is 19.4. The van der Waals surface area contributed by atoms with Crippen LogP contribution in [0.15, 0.2) is 36.4 Å². The standard InChI is InChI=1S/C12H4F10/c13-9(14)7(11(17,18)19)5-1-2-6(4-3-5)8(10(15)16)12(20,21)22/h1-4H. The molecule has 1 rings (SSSR count). The number of hydrogen-bond donors (Lipinski definition) is 0. The van der Waals surface area contributed by atoms with Crippen molar-refractivity contribution in [1.29, 1.82) is 0 Å². The van der Waals surface area contributed by atoms with Crippen LogP contribution >= 0.6 is 0 Å². The molecule has 0 radical (unpaired) electrons. The van der Waals surface area contributed by atoms with E-state index in [0.717, 1.165) is 0 Å². The first kappa shape index (κ1) is 18.1. The van der Waals surface area contributed by atoms with Gasteiger partial charge in [-0.3, -0.25) is 0 Å². The predicted molar refractivity (Wildman–Crippen MR) is 56.8 cm³/mol. The summed E-state index contributed by atoms with van der Waals surface area (Å²) < 4.78 is 124. The van der Waals surface area contributed by atoms with Crippen molar-refractivity contribution in [2.75, 3.05) is 0 Å². The van der Waals surface area contributed by atoms with Gasteiger partial charge in [-0.05, 0) is 11.1 Å². The summed E-state index contributed by atoms with van der Waals surface area (Å²) in [4.78, 5) is 0. The highest BCUT2D eigenvalue weighted by Crippen LogP contribution is 2.40. The van der Waals surface area contributed by atoms with Crippen LogP contribution in [0.4, 0.5) is 43.9 Å². The Kier molecular flexibility index (Phi) is 4.93. The molecule has 0 unspecified atom stereocenters. The monoisotopic (exact) mass is 338 g/mol. The van der Waals surface area contributed by atoms with E-state index in [4.69, 9.17) is 0 Å². The van der Waals surface area contributed by atoms with Gasteiger partial charge in [0.2, 0.25) is 0 Å². The molecule has 0 N–H and O–H groups in total. The molecule has 0 saturated heterocycles. The zero-order chi connectivity index (χ0) is 17.3. The molecule has 1 aromatic carbocycles. The van der Waals surface area contributed by atoms with Crippen LogP contribution in [0.3, 0.4) is 0 Å². The average molecular weight is 338 g/mol. The van der Waals surface area contributed by atoms with E-state index in [2.05, 4.69) is 0 Å². The summed E-state index contributed by atoms with van der Waals surface area (Å²) in [6.45, 7) is 0. The van der Waals surface area contributed by atoms with Crippen molar-refractivity contribution >= 4 is 11.1 Å². The van der Waals surface area contributed by atoms with Crippen LogP contribution in [0, 0.1) is 0 Å². The van der Waals surface area contributed by atoms with Gasteiger partial charge in [-0.2, -0.15) is 43.9 Å². The van der Waals surface area contributed by atoms with E-state index in [1.54, 1.807) is 0 Å². The van der Waals surface area contributed by atoms with Gasteiger partial charge in [-0.15, -0.1) is 0 Å². The average Bonchev–Trinajstić information content (AvgIpc) is 2.26. The lowest BCUT2D eigenvalue weighted by Gasteiger charge is -2.13. The van der Waals surface area contributed by atoms with Crippen LogP contribution in [0.25, 0.3) is 11.1 Å². The van der Waals surface area contributed by atoms with E-state index < -0.39 is 46.8 Å². The van der Waals surface area contributed by atoms with E-state index in [1.807, 2.05) is 0 Å². The summed E-state index contributed by atoms with van der Waals surface area (Å²) in [5.41, 5.74) is -6.98. The van der Waals surface area contributed by atoms with Crippen LogP contribution in [0.1, 0.15) is 11.1 Å². The minimum absolute atomic E-state index is 0.256. The third-order valence-electron chi connectivity index (χ3n) is 2.41. The number of allylic oxidation sites excluding steroid dienone is 2. The van der Waals surface area contributed by atoms with E-state index in [0.29, 0.717) is 0 Å². The number of hydrogen-bond acceptors (Lipinski definition) is 0. The fourth-order valence-corrected chi connectivity index (χ4v) is 1.56. The molecule has 1 aromatic rings. The fourth-order valence-electron chi connectivity index (χ4n) is 1.56. The molecular weight excluding hydrogens is 334 g/mol. The van der Waals surface area contributed by atoms with Crippen molar-refractivity contribution in [3.8, 4) is 0 Å². The summed E-state index contributed by atoms with van der Waals surface area (Å²) in [6, 6.07) is 1.02. The fraction of sp³-hybridized carbons (Fsp3) is 0.167. The molecule has 0 amide bonds. The molecule has 0 atom stereocenters. The van der Waals surface area contributed by atoms with Crippen molar-refractivity contribution in [1.82, 2.24) is 0 Å². The minimum Gasteiger partial charge on any atom is -0.173 e. The quantitative estimate of drug-likeness (QED) is 0.578. The first-order valence-electron chi connectivity index (χ1n) is 5.21. The van der Waals surface area contributed by atoms with E-state index in [-0.39, 0.29) is 24.3 Å². The van der Waals surface area contributed by atoms with Crippen molar-refractivity contribution in [3.63, 3.8) is 0 Å². The molecule has 0 aliphatic rings. The van der Waals surface area contributed by atoms with Crippen molar-refractivity contribution in [2.24, 2.45) is 0 Å². The lowest BCUT2D eigenvalue weighted by molar-refractivity contribution is -0.0723. The number of benzene rings is 1. The molecule has 22 heavy (non-hydrogen) atoms. The predicted octanol–water partition coefficient (Wildman–Crippen LogP) is 6.03. The van der Waals surface area contributed by atoms with Gasteiger partial charge in [0.1, 0.15) is 11.1 Å². The topological polar surface area (TPSA) is 0 Å². The van der Waals surface area contributed by atoms with Crippen molar-refractivity contribution in [3.05, 3.63) is 47.6 Å². The Balaban J connectivity index is 3.38. The van der Waals surface area contributed by atoms with Crippen LogP contribution in [-0.2, 0) is 0 Å². The summed E-state index contributed by atoms with van der Waals surface area (Å²) in [6.07, 6.45) is -17.1. The molecule has 0 bridgehead atoms. The lowest BCUT2D eigenvalue weighted by Crippen LogP contribution is -2.13. The molecule has 122 valence electrons. The van der Waals surface area contributed by atoms with Crippen molar-refractivity contribution in [2.45, 2.75) is 12.4 Å². The molecule has 0 spiro atoms. The Morgan fingerprint density at radius 3 is 0.909 bits per heavy atom. The van der Waals surface area contributed by atoms with Gasteiger partial charge in [0, 0.05) is 0 Å². The van der Waals surface area contributed by atoms with Gasteiger partial charge in [0.25, 0.3) is 12.2 Å². The Labute approximate surface area is 116 Å². The molecule has 0 aromatic heterocycles. The van der Waals surface area contributed by atoms with Crippen LogP contribution in [-0.4, -0.2) is 12.4 Å². The maximum absolute atomic E-state index is 12.4. The van der Waals surface area contributed by atoms with Gasteiger partial charge >= 0.3 is 12.4 Å². The molecule has 10 heteroatoms. The highest BCUT2D eigenvalue weighted by molar-refractivity contribution is 5.74. The van der Waals surface area contributed by atoms with Crippen LogP contribution in [0.2, 0.25) is 0 Å². The molecule has 0 heterocycles. The zero-order valence-electron chi connectivity index (χ0n) is 10.1. The summed E-state index contributed by atoms with van der Waals surface area (Å²) in [7, 11) is 0. The third-order valence-corrected chi connectivity index (χ3v) is 2.41. The molecule has 0 aliphatic heterocycles. The number of alkyl halides is 6. The molecule has 0 saturated carbocycles. The summed E-state index contributed by atoms with van der Waals surface area (Å²) >= 11 is 0.